The van der Waals surface area contributed by atoms with Gasteiger partial charge in [0, 0.05) is 16.6 Å². The van der Waals surface area contributed by atoms with E-state index in [2.05, 4.69) is 26.6 Å². The average Bonchev–Trinajstić information content (AvgIpc) is 2.53. The summed E-state index contributed by atoms with van der Waals surface area (Å²) in [5, 5.41) is 4.81. The molecule has 6 heteroatoms. The second-order valence-electron chi connectivity index (χ2n) is 4.71. The third-order valence-corrected chi connectivity index (χ3v) is 3.46. The van der Waals surface area contributed by atoms with Crippen molar-refractivity contribution in [3.05, 3.63) is 64.6 Å². The first-order chi connectivity index (χ1) is 11.1. The third kappa shape index (κ3) is 5.10. The van der Waals surface area contributed by atoms with Crippen LogP contribution < -0.4 is 15.4 Å². The lowest BCUT2D eigenvalue weighted by Crippen LogP contribution is -2.42. The number of hydrogen-bond donors (Lipinski definition) is 2. The summed E-state index contributed by atoms with van der Waals surface area (Å²) >= 11 is 3.36. The topological polar surface area (TPSA) is 67.4 Å². The second-order valence-corrected chi connectivity index (χ2v) is 5.63. The molecule has 0 saturated heterocycles. The van der Waals surface area contributed by atoms with E-state index in [1.165, 1.54) is 0 Å². The molecule has 2 rings (SSSR count). The Kier molecular flexibility index (Phi) is 6.17. The van der Waals surface area contributed by atoms with Crippen LogP contribution in [0.5, 0.6) is 5.75 Å². The number of carbonyl (C=O) groups excluding carboxylic acids is 2. The average molecular weight is 377 g/mol. The number of halogens is 1. The summed E-state index contributed by atoms with van der Waals surface area (Å²) in [5.41, 5.74) is 0.661. The lowest BCUT2D eigenvalue weighted by atomic mass is 10.1. The zero-order valence-electron chi connectivity index (χ0n) is 12.6. The van der Waals surface area contributed by atoms with Gasteiger partial charge in [-0.2, -0.15) is 0 Å². The Morgan fingerprint density at radius 3 is 2.52 bits per heavy atom. The zero-order chi connectivity index (χ0) is 16.7. The number of amides is 3. The van der Waals surface area contributed by atoms with E-state index in [0.717, 1.165) is 4.47 Å². The molecule has 0 bridgehead atoms. The minimum atomic E-state index is -0.923. The fraction of sp³-hybridized carbons (Fsp3) is 0.176. The fourth-order valence-electron chi connectivity index (χ4n) is 1.96. The van der Waals surface area contributed by atoms with E-state index >= 15 is 0 Å². The largest absolute Gasteiger partial charge is 0.476 e. The SMILES string of the molecule is CCNC(=O)NC(=O)[C@@H](Oc1cccc(Br)c1)c1ccccc1. The molecule has 0 heterocycles. The monoisotopic (exact) mass is 376 g/mol. The first-order valence-electron chi connectivity index (χ1n) is 7.16. The molecule has 0 aliphatic heterocycles. The molecule has 0 radical (unpaired) electrons. The van der Waals surface area contributed by atoms with Gasteiger partial charge in [0.1, 0.15) is 5.75 Å². The molecule has 0 aliphatic carbocycles. The zero-order valence-corrected chi connectivity index (χ0v) is 14.2. The Hall–Kier alpha value is -2.34. The Morgan fingerprint density at radius 2 is 1.87 bits per heavy atom. The predicted molar refractivity (Wildman–Crippen MR) is 91.2 cm³/mol. The molecule has 2 N–H and O–H groups in total. The molecule has 2 aromatic carbocycles. The number of rotatable bonds is 5. The summed E-state index contributed by atoms with van der Waals surface area (Å²) in [7, 11) is 0. The van der Waals surface area contributed by atoms with Crippen molar-refractivity contribution in [2.75, 3.05) is 6.54 Å². The molecule has 5 nitrogen and oxygen atoms in total. The summed E-state index contributed by atoms with van der Waals surface area (Å²) < 4.78 is 6.64. The van der Waals surface area contributed by atoms with Gasteiger partial charge in [-0.3, -0.25) is 10.1 Å². The van der Waals surface area contributed by atoms with E-state index in [9.17, 15) is 9.59 Å². The van der Waals surface area contributed by atoms with Crippen LogP contribution in [0.2, 0.25) is 0 Å². The third-order valence-electron chi connectivity index (χ3n) is 2.96. The second kappa shape index (κ2) is 8.33. The number of hydrogen-bond acceptors (Lipinski definition) is 3. The Bertz CT molecular complexity index is 677. The molecule has 2 aromatic rings. The van der Waals surface area contributed by atoms with Crippen molar-refractivity contribution < 1.29 is 14.3 Å². The van der Waals surface area contributed by atoms with E-state index in [0.29, 0.717) is 17.9 Å². The first-order valence-corrected chi connectivity index (χ1v) is 7.95. The highest BCUT2D eigenvalue weighted by molar-refractivity contribution is 9.10. The maximum atomic E-state index is 12.4. The number of nitrogens with one attached hydrogen (secondary N) is 2. The van der Waals surface area contributed by atoms with Gasteiger partial charge in [-0.1, -0.05) is 52.3 Å². The highest BCUT2D eigenvalue weighted by Gasteiger charge is 2.24. The lowest BCUT2D eigenvalue weighted by molar-refractivity contribution is -0.127. The van der Waals surface area contributed by atoms with Crippen molar-refractivity contribution >= 4 is 27.9 Å². The maximum absolute atomic E-state index is 12.4. The number of urea groups is 1. The van der Waals surface area contributed by atoms with Crippen molar-refractivity contribution in [3.63, 3.8) is 0 Å². The molecule has 0 spiro atoms. The summed E-state index contributed by atoms with van der Waals surface area (Å²) in [6.45, 7) is 2.21. The highest BCUT2D eigenvalue weighted by atomic mass is 79.9. The Morgan fingerprint density at radius 1 is 1.13 bits per heavy atom. The smallest absolute Gasteiger partial charge is 0.321 e. The highest BCUT2D eigenvalue weighted by Crippen LogP contribution is 2.24. The quantitative estimate of drug-likeness (QED) is 0.839. The minimum Gasteiger partial charge on any atom is -0.476 e. The molecule has 0 aromatic heterocycles. The van der Waals surface area contributed by atoms with Crippen LogP contribution in [0.15, 0.2) is 59.1 Å². The molecule has 0 unspecified atom stereocenters. The van der Waals surface area contributed by atoms with Crippen LogP contribution in [0.1, 0.15) is 18.6 Å². The molecule has 120 valence electrons. The first kappa shape index (κ1) is 17.0. The van der Waals surface area contributed by atoms with Crippen LogP contribution in [0, 0.1) is 0 Å². The number of carbonyl (C=O) groups is 2. The standard InChI is InChI=1S/C17H17BrN2O3/c1-2-19-17(22)20-16(21)15(12-7-4-3-5-8-12)23-14-10-6-9-13(18)11-14/h3-11,15H,2H2,1H3,(H2,19,20,21,22)/t15-/m0/s1. The van der Waals surface area contributed by atoms with Crippen molar-refractivity contribution in [2.24, 2.45) is 0 Å². The Labute approximate surface area is 143 Å². The molecule has 23 heavy (non-hydrogen) atoms. The minimum absolute atomic E-state index is 0.432. The molecular weight excluding hydrogens is 360 g/mol. The van der Waals surface area contributed by atoms with E-state index < -0.39 is 18.0 Å². The maximum Gasteiger partial charge on any atom is 0.321 e. The lowest BCUT2D eigenvalue weighted by Gasteiger charge is -2.19. The number of ether oxygens (including phenoxy) is 1. The molecule has 0 aliphatic rings. The number of benzene rings is 2. The van der Waals surface area contributed by atoms with E-state index in [1.807, 2.05) is 30.3 Å². The van der Waals surface area contributed by atoms with Gasteiger partial charge < -0.3 is 10.1 Å². The van der Waals surface area contributed by atoms with Gasteiger partial charge in [0.15, 0.2) is 0 Å². The van der Waals surface area contributed by atoms with E-state index in [4.69, 9.17) is 4.74 Å². The number of imide groups is 1. The van der Waals surface area contributed by atoms with Crippen molar-refractivity contribution in [1.82, 2.24) is 10.6 Å². The van der Waals surface area contributed by atoms with Gasteiger partial charge in [-0.25, -0.2) is 4.79 Å². The molecule has 1 atom stereocenters. The van der Waals surface area contributed by atoms with Gasteiger partial charge in [-0.15, -0.1) is 0 Å². The summed E-state index contributed by atoms with van der Waals surface area (Å²) in [5.74, 6) is 0.00130. The van der Waals surface area contributed by atoms with Crippen molar-refractivity contribution in [1.29, 1.82) is 0 Å². The molecular formula is C17H17BrN2O3. The van der Waals surface area contributed by atoms with Crippen LogP contribution in [0.25, 0.3) is 0 Å². The normalized spacial score (nSPS) is 11.4. The van der Waals surface area contributed by atoms with Crippen LogP contribution >= 0.6 is 15.9 Å². The summed E-state index contributed by atoms with van der Waals surface area (Å²) in [4.78, 5) is 24.0. The van der Waals surface area contributed by atoms with Gasteiger partial charge in [0.25, 0.3) is 5.91 Å². The van der Waals surface area contributed by atoms with Gasteiger partial charge >= 0.3 is 6.03 Å². The fourth-order valence-corrected chi connectivity index (χ4v) is 2.34. The van der Waals surface area contributed by atoms with Crippen LogP contribution in [0.4, 0.5) is 4.79 Å². The Balaban J connectivity index is 2.22. The van der Waals surface area contributed by atoms with E-state index in [-0.39, 0.29) is 0 Å². The van der Waals surface area contributed by atoms with Crippen LogP contribution in [-0.4, -0.2) is 18.5 Å². The van der Waals surface area contributed by atoms with Crippen molar-refractivity contribution in [3.8, 4) is 5.75 Å². The van der Waals surface area contributed by atoms with E-state index in [1.54, 1.807) is 31.2 Å². The summed E-state index contributed by atoms with van der Waals surface area (Å²) in [6, 6.07) is 15.7. The van der Waals surface area contributed by atoms with Crippen LogP contribution in [-0.2, 0) is 4.79 Å². The molecule has 0 fully saturated rings. The van der Waals surface area contributed by atoms with Crippen molar-refractivity contribution in [2.45, 2.75) is 13.0 Å². The predicted octanol–water partition coefficient (Wildman–Crippen LogP) is 3.41. The summed E-state index contributed by atoms with van der Waals surface area (Å²) in [6.07, 6.45) is -0.923. The van der Waals surface area contributed by atoms with Gasteiger partial charge in [-0.05, 0) is 25.1 Å². The van der Waals surface area contributed by atoms with Gasteiger partial charge in [0.2, 0.25) is 6.10 Å². The van der Waals surface area contributed by atoms with Gasteiger partial charge in [0.05, 0.1) is 0 Å². The molecule has 3 amide bonds. The van der Waals surface area contributed by atoms with Crippen LogP contribution in [0.3, 0.4) is 0 Å². The molecule has 0 saturated carbocycles.